The van der Waals surface area contributed by atoms with Crippen LogP contribution in [0.2, 0.25) is 0 Å². The molecule has 1 unspecified atom stereocenters. The van der Waals surface area contributed by atoms with Crippen molar-refractivity contribution in [1.82, 2.24) is 14.9 Å². The molecule has 2 aromatic carbocycles. The van der Waals surface area contributed by atoms with Gasteiger partial charge in [-0.25, -0.2) is 4.98 Å². The summed E-state index contributed by atoms with van der Waals surface area (Å²) in [5.41, 5.74) is 3.35. The molecule has 1 aromatic heterocycles. The summed E-state index contributed by atoms with van der Waals surface area (Å²) >= 11 is 0. The lowest BCUT2D eigenvalue weighted by Gasteiger charge is -2.19. The van der Waals surface area contributed by atoms with E-state index in [4.69, 9.17) is 9.72 Å². The second-order valence-electron chi connectivity index (χ2n) is 10.7. The van der Waals surface area contributed by atoms with Crippen LogP contribution in [0, 0.1) is 11.3 Å². The van der Waals surface area contributed by atoms with E-state index in [1.165, 1.54) is 6.07 Å². The number of nitrogens with one attached hydrogen (secondary N) is 1. The van der Waals surface area contributed by atoms with Gasteiger partial charge in [0.25, 0.3) is 5.91 Å². The second kappa shape index (κ2) is 12.7. The normalized spacial score (nSPS) is 12.3. The van der Waals surface area contributed by atoms with Crippen LogP contribution in [0.4, 0.5) is 0 Å². The van der Waals surface area contributed by atoms with Crippen molar-refractivity contribution >= 4 is 5.91 Å². The number of hydrogen-bond donors (Lipinski definition) is 3. The molecule has 3 aromatic rings. The van der Waals surface area contributed by atoms with E-state index in [0.29, 0.717) is 42.8 Å². The van der Waals surface area contributed by atoms with E-state index in [-0.39, 0.29) is 24.0 Å². The predicted molar refractivity (Wildman–Crippen MR) is 147 cm³/mol. The number of nitrogens with zero attached hydrogens (tertiary/aromatic N) is 3. The van der Waals surface area contributed by atoms with Crippen LogP contribution in [0.5, 0.6) is 5.75 Å². The number of aromatic nitrogens is 2. The van der Waals surface area contributed by atoms with Gasteiger partial charge in [-0.3, -0.25) is 4.79 Å². The van der Waals surface area contributed by atoms with E-state index in [0.717, 1.165) is 22.6 Å². The predicted octanol–water partition coefficient (Wildman–Crippen LogP) is 4.22. The Labute approximate surface area is 224 Å². The van der Waals surface area contributed by atoms with Crippen LogP contribution >= 0.6 is 0 Å². The van der Waals surface area contributed by atoms with Crippen molar-refractivity contribution in [2.75, 3.05) is 13.2 Å². The molecule has 38 heavy (non-hydrogen) atoms. The smallest absolute Gasteiger partial charge is 0.251 e. The van der Waals surface area contributed by atoms with Crippen molar-refractivity contribution in [1.29, 1.82) is 5.26 Å². The molecule has 3 N–H and O–H groups in total. The van der Waals surface area contributed by atoms with Crippen LogP contribution in [-0.2, 0) is 18.4 Å². The lowest BCUT2D eigenvalue weighted by Crippen LogP contribution is -2.27. The summed E-state index contributed by atoms with van der Waals surface area (Å²) in [6, 6.07) is 14.8. The molecule has 0 aliphatic heterocycles. The molecule has 0 spiro atoms. The highest BCUT2D eigenvalue weighted by atomic mass is 16.5. The summed E-state index contributed by atoms with van der Waals surface area (Å²) in [5, 5.41) is 32.1. The summed E-state index contributed by atoms with van der Waals surface area (Å²) in [6.07, 6.45) is 2.13. The van der Waals surface area contributed by atoms with Crippen molar-refractivity contribution in [2.24, 2.45) is 0 Å². The molecular formula is C30H38N4O4. The minimum atomic E-state index is -0.617. The van der Waals surface area contributed by atoms with Crippen LogP contribution < -0.4 is 10.1 Å². The minimum Gasteiger partial charge on any atom is -0.490 e. The molecule has 202 valence electrons. The highest BCUT2D eigenvalue weighted by Crippen LogP contribution is 2.27. The van der Waals surface area contributed by atoms with Gasteiger partial charge in [-0.1, -0.05) is 45.0 Å². The number of benzene rings is 2. The van der Waals surface area contributed by atoms with Crippen LogP contribution in [0.15, 0.2) is 48.7 Å². The molecule has 0 bridgehead atoms. The molecule has 0 radical (unpaired) electrons. The number of aliphatic hydroxyl groups excluding tert-OH is 2. The number of hydrogen-bond acceptors (Lipinski definition) is 6. The molecule has 0 saturated carbocycles. The molecule has 0 aliphatic rings. The monoisotopic (exact) mass is 518 g/mol. The Morgan fingerprint density at radius 1 is 1.18 bits per heavy atom. The SMILES string of the molecule is CC(C)Oc1ccc(C(=O)NCCC(O)Cc2ccc(-c3cn(CCO)c(C(C)(C)C)n3)cc2)cc1C#N. The Bertz CT molecular complexity index is 1270. The minimum absolute atomic E-state index is 0.0522. The first-order chi connectivity index (χ1) is 18.0. The van der Waals surface area contributed by atoms with Crippen molar-refractivity contribution in [2.45, 2.75) is 71.6 Å². The molecule has 8 heteroatoms. The largest absolute Gasteiger partial charge is 0.490 e. The highest BCUT2D eigenvalue weighted by Gasteiger charge is 2.22. The van der Waals surface area contributed by atoms with Crippen LogP contribution in [-0.4, -0.2) is 51.0 Å². The fraction of sp³-hybridized carbons (Fsp3) is 0.433. The third-order valence-electron chi connectivity index (χ3n) is 6.00. The van der Waals surface area contributed by atoms with Gasteiger partial charge in [0, 0.05) is 35.8 Å². The molecule has 0 saturated heterocycles. The van der Waals surface area contributed by atoms with Gasteiger partial charge in [-0.2, -0.15) is 5.26 Å². The van der Waals surface area contributed by atoms with Crippen LogP contribution in [0.1, 0.15) is 68.3 Å². The Hall–Kier alpha value is -3.67. The van der Waals surface area contributed by atoms with Gasteiger partial charge in [0.1, 0.15) is 17.6 Å². The van der Waals surface area contributed by atoms with Crippen molar-refractivity contribution < 1.29 is 19.7 Å². The number of amides is 1. The van der Waals surface area contributed by atoms with E-state index >= 15 is 0 Å². The second-order valence-corrected chi connectivity index (χ2v) is 10.7. The summed E-state index contributed by atoms with van der Waals surface area (Å²) < 4.78 is 7.60. The summed E-state index contributed by atoms with van der Waals surface area (Å²) in [7, 11) is 0. The Morgan fingerprint density at radius 2 is 1.89 bits per heavy atom. The molecule has 1 amide bonds. The summed E-state index contributed by atoms with van der Waals surface area (Å²) in [5.74, 6) is 1.07. The number of aliphatic hydroxyl groups is 2. The third-order valence-corrected chi connectivity index (χ3v) is 6.00. The quantitative estimate of drug-likeness (QED) is 0.350. The van der Waals surface area contributed by atoms with E-state index < -0.39 is 6.10 Å². The average Bonchev–Trinajstić information content (AvgIpc) is 3.29. The lowest BCUT2D eigenvalue weighted by molar-refractivity contribution is 0.0942. The van der Waals surface area contributed by atoms with Crippen molar-refractivity contribution in [3.05, 3.63) is 71.2 Å². The first kappa shape index (κ1) is 28.9. The van der Waals surface area contributed by atoms with Gasteiger partial charge in [0.15, 0.2) is 0 Å². The van der Waals surface area contributed by atoms with Gasteiger partial charge < -0.3 is 24.8 Å². The van der Waals surface area contributed by atoms with Gasteiger partial charge in [0.05, 0.1) is 30.1 Å². The van der Waals surface area contributed by atoms with E-state index in [9.17, 15) is 20.3 Å². The zero-order chi connectivity index (χ0) is 27.9. The van der Waals surface area contributed by atoms with Crippen molar-refractivity contribution in [3.63, 3.8) is 0 Å². The molecule has 8 nitrogen and oxygen atoms in total. The molecular weight excluding hydrogens is 480 g/mol. The maximum absolute atomic E-state index is 12.5. The standard InChI is InChI=1S/C30H38N4O4/c1-20(2)38-27-11-10-23(17-24(27)18-31)28(37)32-13-12-25(36)16-21-6-8-22(9-7-21)26-19-34(14-15-35)29(33-26)30(3,4)5/h6-11,17,19-20,25,35-36H,12-16H2,1-5H3,(H,32,37). The number of imidazole rings is 1. The molecule has 0 fully saturated rings. The Kier molecular flexibility index (Phi) is 9.67. The van der Waals surface area contributed by atoms with Crippen LogP contribution in [0.3, 0.4) is 0 Å². The Morgan fingerprint density at radius 3 is 2.50 bits per heavy atom. The lowest BCUT2D eigenvalue weighted by atomic mass is 9.95. The van der Waals surface area contributed by atoms with Gasteiger partial charge in [0.2, 0.25) is 0 Å². The maximum Gasteiger partial charge on any atom is 0.251 e. The zero-order valence-electron chi connectivity index (χ0n) is 22.9. The topological polar surface area (TPSA) is 120 Å². The molecule has 3 rings (SSSR count). The number of carbonyl (C=O) groups is 1. The third kappa shape index (κ3) is 7.67. The van der Waals surface area contributed by atoms with E-state index in [2.05, 4.69) is 32.2 Å². The van der Waals surface area contributed by atoms with Gasteiger partial charge in [-0.15, -0.1) is 0 Å². The highest BCUT2D eigenvalue weighted by molar-refractivity contribution is 5.94. The maximum atomic E-state index is 12.5. The van der Waals surface area contributed by atoms with Crippen LogP contribution in [0.25, 0.3) is 11.3 Å². The molecule has 1 atom stereocenters. The van der Waals surface area contributed by atoms with Crippen molar-refractivity contribution in [3.8, 4) is 23.1 Å². The Balaban J connectivity index is 1.54. The van der Waals surface area contributed by atoms with E-state index in [1.54, 1.807) is 12.1 Å². The van der Waals surface area contributed by atoms with E-state index in [1.807, 2.05) is 48.9 Å². The van der Waals surface area contributed by atoms with Gasteiger partial charge in [-0.05, 0) is 50.5 Å². The summed E-state index contributed by atoms with van der Waals surface area (Å²) in [4.78, 5) is 17.3. The number of nitriles is 1. The first-order valence-corrected chi connectivity index (χ1v) is 13.0. The van der Waals surface area contributed by atoms with Gasteiger partial charge >= 0.3 is 0 Å². The first-order valence-electron chi connectivity index (χ1n) is 13.0. The number of ether oxygens (including phenoxy) is 1. The summed E-state index contributed by atoms with van der Waals surface area (Å²) in [6.45, 7) is 10.9. The fourth-order valence-electron chi connectivity index (χ4n) is 4.19. The molecule has 0 aliphatic carbocycles. The molecule has 1 heterocycles. The number of carbonyl (C=O) groups excluding carboxylic acids is 1. The average molecular weight is 519 g/mol. The fourth-order valence-corrected chi connectivity index (χ4v) is 4.19. The number of rotatable bonds is 11. The zero-order valence-corrected chi connectivity index (χ0v) is 22.9.